The fraction of sp³-hybridized carbons (Fsp3) is 0.125. The molecule has 0 spiro atoms. The second-order valence-corrected chi connectivity index (χ2v) is 6.75. The van der Waals surface area contributed by atoms with Crippen molar-refractivity contribution in [1.82, 2.24) is 10.4 Å². The lowest BCUT2D eigenvalue weighted by molar-refractivity contribution is -0.121. The molecule has 146 valence electrons. The number of ether oxygens (including phenoxy) is 2. The van der Waals surface area contributed by atoms with E-state index in [9.17, 15) is 4.79 Å². The Bertz CT molecular complexity index is 946. The molecule has 0 saturated heterocycles. The van der Waals surface area contributed by atoms with Crippen molar-refractivity contribution in [3.05, 3.63) is 102 Å². The Kier molecular flexibility index (Phi) is 5.88. The van der Waals surface area contributed by atoms with Crippen LogP contribution in [0.3, 0.4) is 0 Å². The molecule has 1 aliphatic rings. The molecule has 0 fully saturated rings. The Morgan fingerprint density at radius 2 is 1.48 bits per heavy atom. The normalized spacial score (nSPS) is 12.4. The molecule has 0 bridgehead atoms. The maximum absolute atomic E-state index is 12.5. The molecule has 0 aliphatic carbocycles. The third kappa shape index (κ3) is 5.24. The van der Waals surface area contributed by atoms with E-state index < -0.39 is 0 Å². The lowest BCUT2D eigenvalue weighted by atomic mass is 10.2. The van der Waals surface area contributed by atoms with E-state index in [1.165, 1.54) is 6.08 Å². The Labute approximate surface area is 170 Å². The van der Waals surface area contributed by atoms with Gasteiger partial charge in [0, 0.05) is 19.2 Å². The molecule has 5 nitrogen and oxygen atoms in total. The number of amides is 1. The molecular weight excluding hydrogens is 364 g/mol. The Hall–Kier alpha value is -3.57. The topological polar surface area (TPSA) is 50.8 Å². The average molecular weight is 386 g/mol. The first-order valence-electron chi connectivity index (χ1n) is 9.47. The predicted octanol–water partition coefficient (Wildman–Crippen LogP) is 4.16. The Morgan fingerprint density at radius 3 is 2.14 bits per heavy atom. The van der Waals surface area contributed by atoms with Crippen molar-refractivity contribution in [3.63, 3.8) is 0 Å². The zero-order chi connectivity index (χ0) is 19.9. The molecule has 0 atom stereocenters. The third-order valence-corrected chi connectivity index (χ3v) is 4.52. The van der Waals surface area contributed by atoms with Gasteiger partial charge in [-0.2, -0.15) is 0 Å². The SMILES string of the molecule is O=C(/C=C/c1ccc2c(c1)OCO2)NN(Cc1ccccc1)Cc1ccccc1. The summed E-state index contributed by atoms with van der Waals surface area (Å²) in [5, 5.41) is 1.91. The van der Waals surface area contributed by atoms with Crippen LogP contribution in [0.2, 0.25) is 0 Å². The minimum Gasteiger partial charge on any atom is -0.454 e. The largest absolute Gasteiger partial charge is 0.454 e. The van der Waals surface area contributed by atoms with Crippen LogP contribution >= 0.6 is 0 Å². The quantitative estimate of drug-likeness (QED) is 0.489. The average Bonchev–Trinajstić information content (AvgIpc) is 3.22. The molecule has 0 saturated carbocycles. The Morgan fingerprint density at radius 1 is 0.862 bits per heavy atom. The zero-order valence-electron chi connectivity index (χ0n) is 16.0. The second kappa shape index (κ2) is 9.08. The van der Waals surface area contributed by atoms with Gasteiger partial charge in [-0.15, -0.1) is 0 Å². The van der Waals surface area contributed by atoms with Crippen LogP contribution < -0.4 is 14.9 Å². The van der Waals surface area contributed by atoms with Crippen LogP contribution in [0.4, 0.5) is 0 Å². The van der Waals surface area contributed by atoms with Crippen molar-refractivity contribution in [2.24, 2.45) is 0 Å². The number of fused-ring (bicyclic) bond motifs is 1. The predicted molar refractivity (Wildman–Crippen MR) is 112 cm³/mol. The van der Waals surface area contributed by atoms with Gasteiger partial charge in [0.25, 0.3) is 5.91 Å². The van der Waals surface area contributed by atoms with Crippen LogP contribution in [0.5, 0.6) is 11.5 Å². The molecule has 0 radical (unpaired) electrons. The van der Waals surface area contributed by atoms with E-state index >= 15 is 0 Å². The molecule has 0 aromatic heterocycles. The van der Waals surface area contributed by atoms with Crippen molar-refractivity contribution < 1.29 is 14.3 Å². The molecule has 1 N–H and O–H groups in total. The number of benzene rings is 3. The van der Waals surface area contributed by atoms with Crippen LogP contribution in [0.15, 0.2) is 84.9 Å². The fourth-order valence-electron chi connectivity index (χ4n) is 3.12. The Balaban J connectivity index is 1.43. The monoisotopic (exact) mass is 386 g/mol. The highest BCUT2D eigenvalue weighted by Gasteiger charge is 2.13. The van der Waals surface area contributed by atoms with E-state index in [0.717, 1.165) is 22.4 Å². The first kappa shape index (κ1) is 18.8. The number of carbonyl (C=O) groups excluding carboxylic acids is 1. The van der Waals surface area contributed by atoms with Crippen molar-refractivity contribution in [3.8, 4) is 11.5 Å². The fourth-order valence-corrected chi connectivity index (χ4v) is 3.12. The molecule has 1 heterocycles. The smallest absolute Gasteiger partial charge is 0.258 e. The van der Waals surface area contributed by atoms with Gasteiger partial charge in [0.15, 0.2) is 11.5 Å². The summed E-state index contributed by atoms with van der Waals surface area (Å²) in [4.78, 5) is 12.5. The summed E-state index contributed by atoms with van der Waals surface area (Å²) in [6, 6.07) is 25.7. The molecule has 3 aromatic rings. The maximum Gasteiger partial charge on any atom is 0.258 e. The highest BCUT2D eigenvalue weighted by Crippen LogP contribution is 2.32. The number of hydrogen-bond donors (Lipinski definition) is 1. The molecule has 4 rings (SSSR count). The van der Waals surface area contributed by atoms with E-state index in [-0.39, 0.29) is 12.7 Å². The molecule has 1 aliphatic heterocycles. The zero-order valence-corrected chi connectivity index (χ0v) is 16.0. The van der Waals surface area contributed by atoms with E-state index in [2.05, 4.69) is 5.43 Å². The van der Waals surface area contributed by atoms with Crippen molar-refractivity contribution >= 4 is 12.0 Å². The van der Waals surface area contributed by atoms with Gasteiger partial charge in [0.05, 0.1) is 0 Å². The summed E-state index contributed by atoms with van der Waals surface area (Å²) < 4.78 is 10.7. The summed E-state index contributed by atoms with van der Waals surface area (Å²) in [5.74, 6) is 1.24. The van der Waals surface area contributed by atoms with Gasteiger partial charge < -0.3 is 9.47 Å². The second-order valence-electron chi connectivity index (χ2n) is 6.75. The van der Waals surface area contributed by atoms with Crippen LogP contribution in [-0.4, -0.2) is 17.7 Å². The van der Waals surface area contributed by atoms with E-state index in [1.807, 2.05) is 83.9 Å². The third-order valence-electron chi connectivity index (χ3n) is 4.52. The number of nitrogens with one attached hydrogen (secondary N) is 1. The summed E-state index contributed by atoms with van der Waals surface area (Å²) in [6.07, 6.45) is 3.29. The van der Waals surface area contributed by atoms with E-state index in [4.69, 9.17) is 9.47 Å². The summed E-state index contributed by atoms with van der Waals surface area (Å²) >= 11 is 0. The summed E-state index contributed by atoms with van der Waals surface area (Å²) in [6.45, 7) is 1.45. The first-order chi connectivity index (χ1) is 14.3. The van der Waals surface area contributed by atoms with Gasteiger partial charge in [-0.25, -0.2) is 5.01 Å². The highest BCUT2D eigenvalue weighted by molar-refractivity contribution is 5.91. The first-order valence-corrected chi connectivity index (χ1v) is 9.47. The number of nitrogens with zero attached hydrogens (tertiary/aromatic N) is 1. The highest BCUT2D eigenvalue weighted by atomic mass is 16.7. The van der Waals surface area contributed by atoms with Gasteiger partial charge in [-0.1, -0.05) is 66.7 Å². The van der Waals surface area contributed by atoms with Crippen LogP contribution in [0.25, 0.3) is 6.08 Å². The van der Waals surface area contributed by atoms with Gasteiger partial charge in [0.1, 0.15) is 0 Å². The van der Waals surface area contributed by atoms with Crippen molar-refractivity contribution in [2.75, 3.05) is 6.79 Å². The molecule has 0 unspecified atom stereocenters. The molecule has 1 amide bonds. The number of carbonyl (C=O) groups is 1. The van der Waals surface area contributed by atoms with Crippen LogP contribution in [0.1, 0.15) is 16.7 Å². The van der Waals surface area contributed by atoms with Gasteiger partial charge in [-0.3, -0.25) is 10.2 Å². The molecule has 3 aromatic carbocycles. The minimum absolute atomic E-state index is 0.186. The molecule has 29 heavy (non-hydrogen) atoms. The van der Waals surface area contributed by atoms with E-state index in [1.54, 1.807) is 6.08 Å². The van der Waals surface area contributed by atoms with Gasteiger partial charge in [-0.05, 0) is 34.9 Å². The standard InChI is InChI=1S/C24H22N2O3/c27-24(14-12-19-11-13-22-23(15-19)29-18-28-22)25-26(16-20-7-3-1-4-8-20)17-21-9-5-2-6-10-21/h1-15H,16-18H2,(H,25,27)/b14-12+. The summed E-state index contributed by atoms with van der Waals surface area (Å²) in [5.41, 5.74) is 6.12. The summed E-state index contributed by atoms with van der Waals surface area (Å²) in [7, 11) is 0. The van der Waals surface area contributed by atoms with Crippen LogP contribution in [-0.2, 0) is 17.9 Å². The van der Waals surface area contributed by atoms with Crippen molar-refractivity contribution in [1.29, 1.82) is 0 Å². The lowest BCUT2D eigenvalue weighted by Gasteiger charge is -2.22. The lowest BCUT2D eigenvalue weighted by Crippen LogP contribution is -2.40. The molecular formula is C24H22N2O3. The van der Waals surface area contributed by atoms with Gasteiger partial charge >= 0.3 is 0 Å². The number of hydrogen-bond acceptors (Lipinski definition) is 4. The number of hydrazine groups is 1. The van der Waals surface area contributed by atoms with Crippen LogP contribution in [0, 0.1) is 0 Å². The van der Waals surface area contributed by atoms with E-state index in [0.29, 0.717) is 18.8 Å². The van der Waals surface area contributed by atoms with Crippen molar-refractivity contribution in [2.45, 2.75) is 13.1 Å². The maximum atomic E-state index is 12.5. The van der Waals surface area contributed by atoms with Gasteiger partial charge in [0.2, 0.25) is 6.79 Å². The minimum atomic E-state index is -0.186. The number of rotatable bonds is 7. The molecule has 5 heteroatoms.